The van der Waals surface area contributed by atoms with Crippen LogP contribution >= 0.6 is 0 Å². The Morgan fingerprint density at radius 1 is 1.80 bits per heavy atom. The Morgan fingerprint density at radius 2 is 2.50 bits per heavy atom. The highest BCUT2D eigenvalue weighted by atomic mass is 16.5. The first kappa shape index (κ1) is 7.04. The molecule has 10 heavy (non-hydrogen) atoms. The molecule has 0 aliphatic carbocycles. The molecule has 0 aliphatic heterocycles. The van der Waals surface area contributed by atoms with Crippen LogP contribution in [0.25, 0.3) is 0 Å². The number of aromatic nitrogens is 2. The molecule has 0 spiro atoms. The molecule has 0 bridgehead atoms. The largest absolute Gasteiger partial charge is 0.390 e. The van der Waals surface area contributed by atoms with Crippen molar-refractivity contribution in [3.05, 3.63) is 11.9 Å². The number of aliphatic hydroxyl groups is 1. The van der Waals surface area contributed by atoms with Crippen LogP contribution in [0.4, 0.5) is 5.95 Å². The molecule has 0 radical (unpaired) electrons. The van der Waals surface area contributed by atoms with Crippen molar-refractivity contribution < 1.29 is 10.3 Å². The lowest BCUT2D eigenvalue weighted by molar-refractivity contribution is 0.272. The van der Waals surface area contributed by atoms with E-state index in [1.807, 2.05) is 5.48 Å². The van der Waals surface area contributed by atoms with E-state index in [1.165, 1.54) is 6.20 Å². The summed E-state index contributed by atoms with van der Waals surface area (Å²) in [4.78, 5) is 3.75. The van der Waals surface area contributed by atoms with E-state index < -0.39 is 0 Å². The van der Waals surface area contributed by atoms with Gasteiger partial charge in [-0.05, 0) is 0 Å². The van der Waals surface area contributed by atoms with Gasteiger partial charge in [0.25, 0.3) is 0 Å². The van der Waals surface area contributed by atoms with Gasteiger partial charge in [-0.2, -0.15) is 0 Å². The second-order valence-electron chi connectivity index (χ2n) is 1.90. The topological polar surface area (TPSA) is 70.3 Å². The van der Waals surface area contributed by atoms with Gasteiger partial charge in [0.2, 0.25) is 5.95 Å². The lowest BCUT2D eigenvalue weighted by Gasteiger charge is -1.99. The van der Waals surface area contributed by atoms with Crippen molar-refractivity contribution >= 4 is 5.95 Å². The van der Waals surface area contributed by atoms with Gasteiger partial charge in [-0.1, -0.05) is 0 Å². The molecule has 0 atom stereocenters. The summed E-state index contributed by atoms with van der Waals surface area (Å²) >= 11 is 0. The zero-order valence-corrected chi connectivity index (χ0v) is 5.57. The molecule has 5 heteroatoms. The molecule has 0 saturated carbocycles. The predicted molar refractivity (Wildman–Crippen MR) is 34.5 cm³/mol. The van der Waals surface area contributed by atoms with E-state index in [-0.39, 0.29) is 6.61 Å². The van der Waals surface area contributed by atoms with Crippen LogP contribution in [-0.2, 0) is 13.7 Å². The second-order valence-corrected chi connectivity index (χ2v) is 1.90. The van der Waals surface area contributed by atoms with Crippen molar-refractivity contribution in [3.8, 4) is 0 Å². The number of hydrogen-bond acceptors (Lipinski definition) is 4. The van der Waals surface area contributed by atoms with Gasteiger partial charge in [0.1, 0.15) is 0 Å². The van der Waals surface area contributed by atoms with Gasteiger partial charge in [0.15, 0.2) is 0 Å². The minimum atomic E-state index is -0.0782. The molecule has 5 nitrogen and oxygen atoms in total. The van der Waals surface area contributed by atoms with Crippen LogP contribution in [-0.4, -0.2) is 19.9 Å². The number of imidazole rings is 1. The van der Waals surface area contributed by atoms with Gasteiger partial charge in [0, 0.05) is 7.05 Å². The molecule has 0 aliphatic rings. The summed E-state index contributed by atoms with van der Waals surface area (Å²) < 4.78 is 1.56. The Bertz CT molecular complexity index is 199. The third-order valence-electron chi connectivity index (χ3n) is 1.35. The molecule has 1 heterocycles. The van der Waals surface area contributed by atoms with Gasteiger partial charge in [0.05, 0.1) is 18.5 Å². The average Bonchev–Trinajstić information content (AvgIpc) is 2.30. The van der Waals surface area contributed by atoms with E-state index >= 15 is 0 Å². The minimum absolute atomic E-state index is 0.0782. The first-order valence-corrected chi connectivity index (χ1v) is 2.81. The summed E-state index contributed by atoms with van der Waals surface area (Å²) in [5.41, 5.74) is 2.54. The summed E-state index contributed by atoms with van der Waals surface area (Å²) in [6.07, 6.45) is 1.48. The summed E-state index contributed by atoms with van der Waals surface area (Å²) in [5.74, 6) is 0.323. The standard InChI is InChI=1S/C5H9N3O2/c1-8-4(3-9)2-6-5(8)7-10/h2,9-10H,3H2,1H3,(H,6,7). The van der Waals surface area contributed by atoms with E-state index in [0.29, 0.717) is 11.6 Å². The van der Waals surface area contributed by atoms with E-state index in [0.717, 1.165) is 0 Å². The first-order valence-electron chi connectivity index (χ1n) is 2.81. The zero-order chi connectivity index (χ0) is 7.56. The van der Waals surface area contributed by atoms with Gasteiger partial charge in [-0.3, -0.25) is 5.21 Å². The fourth-order valence-electron chi connectivity index (χ4n) is 0.696. The Hall–Kier alpha value is -1.07. The molecular weight excluding hydrogens is 134 g/mol. The lowest BCUT2D eigenvalue weighted by Crippen LogP contribution is -2.01. The van der Waals surface area contributed by atoms with Crippen LogP contribution in [0.15, 0.2) is 6.20 Å². The Balaban J connectivity index is 2.97. The molecule has 0 fully saturated rings. The summed E-state index contributed by atoms with van der Waals surface area (Å²) in [7, 11) is 1.69. The maximum absolute atomic E-state index is 8.66. The molecule has 0 saturated heterocycles. The first-order chi connectivity index (χ1) is 4.79. The number of rotatable bonds is 2. The molecule has 56 valence electrons. The van der Waals surface area contributed by atoms with Crippen LogP contribution < -0.4 is 5.48 Å². The zero-order valence-electron chi connectivity index (χ0n) is 5.57. The summed E-state index contributed by atoms with van der Waals surface area (Å²) in [5, 5.41) is 17.1. The quantitative estimate of drug-likeness (QED) is 0.498. The lowest BCUT2D eigenvalue weighted by atomic mass is 10.5. The SMILES string of the molecule is Cn1c(CO)cnc1NO. The molecule has 1 rings (SSSR count). The highest BCUT2D eigenvalue weighted by Crippen LogP contribution is 2.05. The number of nitrogens with one attached hydrogen (secondary N) is 1. The van der Waals surface area contributed by atoms with Crippen molar-refractivity contribution in [2.45, 2.75) is 6.61 Å². The highest BCUT2D eigenvalue weighted by molar-refractivity contribution is 5.25. The average molecular weight is 143 g/mol. The molecule has 1 aromatic rings. The fraction of sp³-hybridized carbons (Fsp3) is 0.400. The van der Waals surface area contributed by atoms with Crippen LogP contribution in [0.2, 0.25) is 0 Å². The molecule has 0 aromatic carbocycles. The fourth-order valence-corrected chi connectivity index (χ4v) is 0.696. The normalized spacial score (nSPS) is 9.90. The third-order valence-corrected chi connectivity index (χ3v) is 1.35. The minimum Gasteiger partial charge on any atom is -0.390 e. The van der Waals surface area contributed by atoms with Crippen molar-refractivity contribution in [3.63, 3.8) is 0 Å². The number of hydrogen-bond donors (Lipinski definition) is 3. The van der Waals surface area contributed by atoms with E-state index in [1.54, 1.807) is 11.6 Å². The van der Waals surface area contributed by atoms with E-state index in [4.69, 9.17) is 10.3 Å². The molecule has 1 aromatic heterocycles. The monoisotopic (exact) mass is 143 g/mol. The Morgan fingerprint density at radius 3 is 2.80 bits per heavy atom. The molecule has 0 unspecified atom stereocenters. The number of nitrogens with zero attached hydrogens (tertiary/aromatic N) is 2. The molecule has 0 amide bonds. The second kappa shape index (κ2) is 2.68. The van der Waals surface area contributed by atoms with Crippen molar-refractivity contribution in [2.75, 3.05) is 5.48 Å². The van der Waals surface area contributed by atoms with Crippen LogP contribution in [0.1, 0.15) is 5.69 Å². The number of anilines is 1. The molecule has 3 N–H and O–H groups in total. The van der Waals surface area contributed by atoms with Gasteiger partial charge in [-0.25, -0.2) is 10.5 Å². The van der Waals surface area contributed by atoms with Gasteiger partial charge >= 0.3 is 0 Å². The molecular formula is C5H9N3O2. The van der Waals surface area contributed by atoms with Crippen molar-refractivity contribution in [2.24, 2.45) is 7.05 Å². The Kier molecular flexibility index (Phi) is 1.88. The third kappa shape index (κ3) is 0.960. The van der Waals surface area contributed by atoms with Crippen molar-refractivity contribution in [1.82, 2.24) is 9.55 Å². The number of aliphatic hydroxyl groups excluding tert-OH is 1. The smallest absolute Gasteiger partial charge is 0.227 e. The van der Waals surface area contributed by atoms with Crippen LogP contribution in [0.3, 0.4) is 0 Å². The van der Waals surface area contributed by atoms with E-state index in [2.05, 4.69) is 4.98 Å². The Labute approximate surface area is 57.9 Å². The highest BCUT2D eigenvalue weighted by Gasteiger charge is 2.01. The van der Waals surface area contributed by atoms with Crippen LogP contribution in [0, 0.1) is 0 Å². The van der Waals surface area contributed by atoms with Gasteiger partial charge in [-0.15, -0.1) is 0 Å². The van der Waals surface area contributed by atoms with Crippen molar-refractivity contribution in [1.29, 1.82) is 0 Å². The summed E-state index contributed by atoms with van der Waals surface area (Å²) in [6.45, 7) is -0.0782. The predicted octanol–water partition coefficient (Wildman–Crippen LogP) is -0.287. The maximum atomic E-state index is 8.66. The van der Waals surface area contributed by atoms with Gasteiger partial charge < -0.3 is 9.67 Å². The maximum Gasteiger partial charge on any atom is 0.227 e. The summed E-state index contributed by atoms with van der Waals surface area (Å²) in [6, 6.07) is 0. The van der Waals surface area contributed by atoms with Crippen LogP contribution in [0.5, 0.6) is 0 Å². The van der Waals surface area contributed by atoms with E-state index in [9.17, 15) is 0 Å².